The summed E-state index contributed by atoms with van der Waals surface area (Å²) in [6.07, 6.45) is 2.09. The molecule has 1 atom stereocenters. The number of aromatic nitrogens is 3. The van der Waals surface area contributed by atoms with Crippen molar-refractivity contribution >= 4 is 0 Å². The molecule has 3 rings (SSSR count). The average Bonchev–Trinajstić information content (AvgIpc) is 3.07. The van der Waals surface area contributed by atoms with E-state index in [0.29, 0.717) is 37.4 Å². The molecule has 130 valence electrons. The van der Waals surface area contributed by atoms with Crippen molar-refractivity contribution in [2.45, 2.75) is 45.7 Å². The van der Waals surface area contributed by atoms with Crippen LogP contribution in [0.5, 0.6) is 5.88 Å². The van der Waals surface area contributed by atoms with Crippen molar-refractivity contribution in [3.8, 4) is 5.88 Å². The highest BCUT2D eigenvalue weighted by molar-refractivity contribution is 5.33. The van der Waals surface area contributed by atoms with Crippen LogP contribution in [-0.2, 0) is 17.8 Å². The van der Waals surface area contributed by atoms with Crippen molar-refractivity contribution in [2.24, 2.45) is 0 Å². The van der Waals surface area contributed by atoms with Gasteiger partial charge in [0.2, 0.25) is 17.7 Å². The number of hydrogen-bond donors (Lipinski definition) is 1. The van der Waals surface area contributed by atoms with E-state index in [2.05, 4.69) is 27.4 Å². The van der Waals surface area contributed by atoms with Gasteiger partial charge in [-0.2, -0.15) is 0 Å². The Morgan fingerprint density at radius 2 is 2.17 bits per heavy atom. The van der Waals surface area contributed by atoms with Crippen LogP contribution >= 0.6 is 0 Å². The van der Waals surface area contributed by atoms with Gasteiger partial charge in [-0.1, -0.05) is 0 Å². The molecular formula is C17H24N4O3. The molecule has 1 aliphatic heterocycles. The third-order valence-corrected chi connectivity index (χ3v) is 4.31. The number of rotatable bonds is 6. The summed E-state index contributed by atoms with van der Waals surface area (Å²) >= 11 is 0. The molecule has 0 aliphatic carbocycles. The zero-order chi connectivity index (χ0) is 16.9. The van der Waals surface area contributed by atoms with Crippen LogP contribution < -0.4 is 10.1 Å². The molecule has 1 saturated heterocycles. The molecule has 1 N–H and O–H groups in total. The lowest BCUT2D eigenvalue weighted by atomic mass is 10.0. The van der Waals surface area contributed by atoms with Gasteiger partial charge in [0, 0.05) is 24.9 Å². The number of ether oxygens (including phenoxy) is 2. The van der Waals surface area contributed by atoms with Gasteiger partial charge in [0.1, 0.15) is 0 Å². The molecule has 0 amide bonds. The first-order valence-electron chi connectivity index (χ1n) is 8.29. The lowest BCUT2D eigenvalue weighted by Gasteiger charge is -2.18. The van der Waals surface area contributed by atoms with Gasteiger partial charge in [-0.3, -0.25) is 0 Å². The summed E-state index contributed by atoms with van der Waals surface area (Å²) in [6, 6.07) is 1.94. The van der Waals surface area contributed by atoms with Crippen molar-refractivity contribution in [2.75, 3.05) is 20.3 Å². The van der Waals surface area contributed by atoms with Crippen LogP contribution in [0.3, 0.4) is 0 Å². The lowest BCUT2D eigenvalue weighted by molar-refractivity contribution is 0.0721. The van der Waals surface area contributed by atoms with E-state index >= 15 is 0 Å². The molecule has 2 aromatic rings. The molecule has 1 fully saturated rings. The molecule has 1 unspecified atom stereocenters. The zero-order valence-corrected chi connectivity index (χ0v) is 14.5. The van der Waals surface area contributed by atoms with E-state index in [1.807, 2.05) is 13.0 Å². The molecule has 1 aliphatic rings. The van der Waals surface area contributed by atoms with E-state index in [9.17, 15) is 0 Å². The smallest absolute Gasteiger partial charge is 0.230 e. The third kappa shape index (κ3) is 3.91. The summed E-state index contributed by atoms with van der Waals surface area (Å²) in [5, 5.41) is 11.6. The number of nitrogens with one attached hydrogen (secondary N) is 1. The maximum atomic E-state index is 5.76. The minimum atomic E-state index is 0.232. The van der Waals surface area contributed by atoms with Crippen molar-refractivity contribution in [1.82, 2.24) is 20.5 Å². The fourth-order valence-corrected chi connectivity index (χ4v) is 2.93. The first-order valence-corrected chi connectivity index (χ1v) is 8.29. The van der Waals surface area contributed by atoms with Crippen LogP contribution in [0.4, 0.5) is 0 Å². The Morgan fingerprint density at radius 3 is 2.88 bits per heavy atom. The van der Waals surface area contributed by atoms with E-state index in [0.717, 1.165) is 36.3 Å². The Balaban J connectivity index is 1.56. The Kier molecular flexibility index (Phi) is 5.42. The second kappa shape index (κ2) is 7.72. The maximum Gasteiger partial charge on any atom is 0.230 e. The van der Waals surface area contributed by atoms with Crippen molar-refractivity contribution in [3.05, 3.63) is 34.7 Å². The molecule has 3 heterocycles. The molecule has 7 nitrogen and oxygen atoms in total. The molecule has 0 aromatic carbocycles. The summed E-state index contributed by atoms with van der Waals surface area (Å²) in [5.41, 5.74) is 3.28. The Morgan fingerprint density at radius 1 is 1.29 bits per heavy atom. The maximum absolute atomic E-state index is 5.76. The van der Waals surface area contributed by atoms with Gasteiger partial charge in [0.25, 0.3) is 0 Å². The summed E-state index contributed by atoms with van der Waals surface area (Å²) < 4.78 is 16.4. The first-order chi connectivity index (χ1) is 11.7. The monoisotopic (exact) mass is 332 g/mol. The van der Waals surface area contributed by atoms with Gasteiger partial charge in [-0.25, -0.2) is 4.98 Å². The van der Waals surface area contributed by atoms with Crippen LogP contribution in [0.15, 0.2) is 10.5 Å². The quantitative estimate of drug-likeness (QED) is 0.869. The molecule has 0 bridgehead atoms. The minimum absolute atomic E-state index is 0.232. The van der Waals surface area contributed by atoms with Gasteiger partial charge in [0.15, 0.2) is 0 Å². The Labute approximate surface area is 141 Å². The van der Waals surface area contributed by atoms with Crippen LogP contribution in [-0.4, -0.2) is 35.5 Å². The number of methoxy groups -OCH3 is 1. The van der Waals surface area contributed by atoms with E-state index in [1.54, 1.807) is 7.11 Å². The Hall–Kier alpha value is -1.99. The minimum Gasteiger partial charge on any atom is -0.481 e. The number of aryl methyl sites for hydroxylation is 2. The van der Waals surface area contributed by atoms with Crippen LogP contribution in [0.25, 0.3) is 0 Å². The summed E-state index contributed by atoms with van der Waals surface area (Å²) in [7, 11) is 1.63. The second-order valence-electron chi connectivity index (χ2n) is 6.10. The van der Waals surface area contributed by atoms with E-state index in [4.69, 9.17) is 13.9 Å². The number of pyridine rings is 1. The zero-order valence-electron chi connectivity index (χ0n) is 14.5. The summed E-state index contributed by atoms with van der Waals surface area (Å²) in [4.78, 5) is 4.42. The fraction of sp³-hybridized carbons (Fsp3) is 0.588. The van der Waals surface area contributed by atoms with Crippen LogP contribution in [0, 0.1) is 13.8 Å². The topological polar surface area (TPSA) is 82.3 Å². The fourth-order valence-electron chi connectivity index (χ4n) is 2.93. The largest absolute Gasteiger partial charge is 0.481 e. The summed E-state index contributed by atoms with van der Waals surface area (Å²) in [6.45, 7) is 6.77. The average molecular weight is 332 g/mol. The highest BCUT2D eigenvalue weighted by Crippen LogP contribution is 2.24. The summed E-state index contributed by atoms with van der Waals surface area (Å²) in [5.74, 6) is 2.16. The first kappa shape index (κ1) is 16.9. The molecular weight excluding hydrogens is 308 g/mol. The van der Waals surface area contributed by atoms with Gasteiger partial charge >= 0.3 is 0 Å². The lowest BCUT2D eigenvalue weighted by Crippen LogP contribution is -2.16. The van der Waals surface area contributed by atoms with Gasteiger partial charge in [0.05, 0.1) is 26.2 Å². The van der Waals surface area contributed by atoms with Crippen LogP contribution in [0.2, 0.25) is 0 Å². The van der Waals surface area contributed by atoms with Gasteiger partial charge in [-0.05, 0) is 37.8 Å². The van der Waals surface area contributed by atoms with E-state index in [1.165, 1.54) is 0 Å². The van der Waals surface area contributed by atoms with Crippen molar-refractivity contribution < 1.29 is 13.9 Å². The standard InChI is InChI=1S/C17H24N4O3/c1-11-7-15(22-3)19-12(2)14(11)8-18-9-16-20-21-17(24-16)13-5-4-6-23-10-13/h7,13,18H,4-6,8-10H2,1-3H3. The predicted octanol–water partition coefficient (Wildman–Crippen LogP) is 2.27. The van der Waals surface area contributed by atoms with Gasteiger partial charge in [-0.15, -0.1) is 10.2 Å². The molecule has 2 aromatic heterocycles. The Bertz CT molecular complexity index is 657. The predicted molar refractivity (Wildman–Crippen MR) is 87.9 cm³/mol. The highest BCUT2D eigenvalue weighted by Gasteiger charge is 2.21. The number of hydrogen-bond acceptors (Lipinski definition) is 7. The number of nitrogens with zero attached hydrogens (tertiary/aromatic N) is 3. The second-order valence-corrected chi connectivity index (χ2v) is 6.10. The van der Waals surface area contributed by atoms with Crippen molar-refractivity contribution in [1.29, 1.82) is 0 Å². The van der Waals surface area contributed by atoms with Crippen LogP contribution in [0.1, 0.15) is 47.4 Å². The van der Waals surface area contributed by atoms with E-state index in [-0.39, 0.29) is 5.92 Å². The molecule has 0 spiro atoms. The molecule has 24 heavy (non-hydrogen) atoms. The highest BCUT2D eigenvalue weighted by atomic mass is 16.5. The normalized spacial score (nSPS) is 17.9. The van der Waals surface area contributed by atoms with E-state index < -0.39 is 0 Å². The molecule has 0 saturated carbocycles. The SMILES string of the molecule is COc1cc(C)c(CNCc2nnc(C3CCCOC3)o2)c(C)n1. The molecule has 7 heteroatoms. The molecule has 0 radical (unpaired) electrons. The van der Waals surface area contributed by atoms with Gasteiger partial charge < -0.3 is 19.2 Å². The van der Waals surface area contributed by atoms with Crippen molar-refractivity contribution in [3.63, 3.8) is 0 Å². The third-order valence-electron chi connectivity index (χ3n) is 4.31.